The van der Waals surface area contributed by atoms with Crippen LogP contribution in [-0.2, 0) is 13.5 Å². The number of aliphatic hydroxyl groups is 1. The molecule has 0 aliphatic carbocycles. The average molecular weight is 238 g/mol. The summed E-state index contributed by atoms with van der Waals surface area (Å²) in [7, 11) is 3.49. The molecule has 1 atom stereocenters. The summed E-state index contributed by atoms with van der Waals surface area (Å²) in [4.78, 5) is 0.917. The van der Waals surface area contributed by atoms with Gasteiger partial charge in [-0.1, -0.05) is 0 Å². The summed E-state index contributed by atoms with van der Waals surface area (Å²) < 4.78 is 6.82. The minimum absolute atomic E-state index is 0.488. The zero-order chi connectivity index (χ0) is 11.5. The molecule has 0 spiro atoms. The minimum Gasteiger partial charge on any atom is -0.496 e. The Morgan fingerprint density at radius 3 is 3.00 bits per heavy atom. The van der Waals surface area contributed by atoms with Crippen LogP contribution < -0.4 is 4.74 Å². The predicted molar refractivity (Wildman–Crippen MR) is 62.7 cm³/mol. The third kappa shape index (κ3) is 2.43. The van der Waals surface area contributed by atoms with Crippen molar-refractivity contribution >= 4 is 11.3 Å². The molecule has 4 nitrogen and oxygen atoms in total. The van der Waals surface area contributed by atoms with Gasteiger partial charge in [-0.3, -0.25) is 4.68 Å². The van der Waals surface area contributed by atoms with Gasteiger partial charge in [-0.15, -0.1) is 11.3 Å². The highest BCUT2D eigenvalue weighted by atomic mass is 32.1. The van der Waals surface area contributed by atoms with Gasteiger partial charge in [0.2, 0.25) is 0 Å². The quantitative estimate of drug-likeness (QED) is 0.883. The van der Waals surface area contributed by atoms with Gasteiger partial charge in [-0.2, -0.15) is 5.10 Å². The molecule has 5 heteroatoms. The molecule has 0 saturated carbocycles. The summed E-state index contributed by atoms with van der Waals surface area (Å²) in [6, 6.07) is 1.87. The van der Waals surface area contributed by atoms with Gasteiger partial charge in [0.25, 0.3) is 0 Å². The van der Waals surface area contributed by atoms with Gasteiger partial charge < -0.3 is 9.84 Å². The summed E-state index contributed by atoms with van der Waals surface area (Å²) >= 11 is 1.51. The van der Waals surface area contributed by atoms with Crippen molar-refractivity contribution in [3.63, 3.8) is 0 Å². The Morgan fingerprint density at radius 2 is 2.44 bits per heavy atom. The molecular formula is C11H14N2O2S. The Kier molecular flexibility index (Phi) is 3.26. The number of aliphatic hydroxyl groups excluding tert-OH is 1. The molecular weight excluding hydrogens is 224 g/mol. The van der Waals surface area contributed by atoms with E-state index in [0.29, 0.717) is 6.42 Å². The van der Waals surface area contributed by atoms with Crippen LogP contribution in [0, 0.1) is 0 Å². The monoisotopic (exact) mass is 238 g/mol. The third-order valence-corrected chi connectivity index (χ3v) is 3.36. The molecule has 2 aromatic rings. The molecule has 0 amide bonds. The summed E-state index contributed by atoms with van der Waals surface area (Å²) in [5.41, 5.74) is 1.03. The van der Waals surface area contributed by atoms with Crippen LogP contribution in [0.5, 0.6) is 5.75 Å². The normalized spacial score (nSPS) is 12.7. The number of aromatic nitrogens is 2. The number of hydrogen-bond acceptors (Lipinski definition) is 4. The van der Waals surface area contributed by atoms with Crippen molar-refractivity contribution in [1.82, 2.24) is 9.78 Å². The van der Waals surface area contributed by atoms with E-state index in [9.17, 15) is 5.11 Å². The van der Waals surface area contributed by atoms with E-state index in [1.54, 1.807) is 18.0 Å². The summed E-state index contributed by atoms with van der Waals surface area (Å²) in [5, 5.41) is 16.0. The molecule has 2 heterocycles. The molecule has 0 aromatic carbocycles. The van der Waals surface area contributed by atoms with E-state index in [2.05, 4.69) is 5.10 Å². The van der Waals surface area contributed by atoms with Gasteiger partial charge in [0.15, 0.2) is 0 Å². The van der Waals surface area contributed by atoms with E-state index in [1.165, 1.54) is 11.3 Å². The lowest BCUT2D eigenvalue weighted by Crippen LogP contribution is -1.98. The smallest absolute Gasteiger partial charge is 0.129 e. The van der Waals surface area contributed by atoms with Crippen molar-refractivity contribution < 1.29 is 9.84 Å². The molecule has 2 rings (SSSR count). The second kappa shape index (κ2) is 4.67. The first-order valence-electron chi connectivity index (χ1n) is 4.97. The average Bonchev–Trinajstić information content (AvgIpc) is 2.87. The topological polar surface area (TPSA) is 47.3 Å². The van der Waals surface area contributed by atoms with Gasteiger partial charge >= 0.3 is 0 Å². The minimum atomic E-state index is -0.488. The fourth-order valence-electron chi connectivity index (χ4n) is 1.52. The van der Waals surface area contributed by atoms with Crippen LogP contribution in [0.1, 0.15) is 16.5 Å². The zero-order valence-electron chi connectivity index (χ0n) is 9.25. The lowest BCUT2D eigenvalue weighted by molar-refractivity contribution is 0.182. The van der Waals surface area contributed by atoms with Crippen molar-refractivity contribution in [1.29, 1.82) is 0 Å². The van der Waals surface area contributed by atoms with Crippen LogP contribution in [-0.4, -0.2) is 22.0 Å². The first-order valence-corrected chi connectivity index (χ1v) is 5.85. The Hall–Kier alpha value is -1.33. The summed E-state index contributed by atoms with van der Waals surface area (Å²) in [6.07, 6.45) is 3.78. The van der Waals surface area contributed by atoms with E-state index in [4.69, 9.17) is 4.74 Å². The predicted octanol–water partition coefficient (Wildman–Crippen LogP) is 1.77. The summed E-state index contributed by atoms with van der Waals surface area (Å²) in [5.74, 6) is 0.797. The highest BCUT2D eigenvalue weighted by Crippen LogP contribution is 2.28. The van der Waals surface area contributed by atoms with E-state index in [0.717, 1.165) is 16.2 Å². The molecule has 0 bridgehead atoms. The Morgan fingerprint density at radius 1 is 1.62 bits per heavy atom. The van der Waals surface area contributed by atoms with Crippen LogP contribution in [0.15, 0.2) is 23.8 Å². The highest BCUT2D eigenvalue weighted by molar-refractivity contribution is 7.10. The van der Waals surface area contributed by atoms with Crippen LogP contribution in [0.25, 0.3) is 0 Å². The standard InChI is InChI=1S/C11H14N2O2S/c1-13-6-8(5-12-13)3-10(14)11-4-9(15-2)7-16-11/h4-7,10,14H,3H2,1-2H3. The molecule has 0 saturated heterocycles. The fraction of sp³-hybridized carbons (Fsp3) is 0.364. The fourth-order valence-corrected chi connectivity index (χ4v) is 2.36. The van der Waals surface area contributed by atoms with E-state index < -0.39 is 6.10 Å². The van der Waals surface area contributed by atoms with Crippen molar-refractivity contribution in [2.24, 2.45) is 7.05 Å². The van der Waals surface area contributed by atoms with Crippen molar-refractivity contribution in [2.75, 3.05) is 7.11 Å². The lowest BCUT2D eigenvalue weighted by Gasteiger charge is -2.05. The van der Waals surface area contributed by atoms with Crippen molar-refractivity contribution in [2.45, 2.75) is 12.5 Å². The van der Waals surface area contributed by atoms with Gasteiger partial charge in [0.1, 0.15) is 5.75 Å². The molecule has 2 aromatic heterocycles. The Bertz CT molecular complexity index is 464. The number of rotatable bonds is 4. The highest BCUT2D eigenvalue weighted by Gasteiger charge is 2.12. The SMILES string of the molecule is COc1csc(C(O)Cc2cnn(C)c2)c1. The van der Waals surface area contributed by atoms with Crippen LogP contribution in [0.4, 0.5) is 0 Å². The number of aryl methyl sites for hydroxylation is 1. The number of thiophene rings is 1. The Labute approximate surface area is 98.1 Å². The van der Waals surface area contributed by atoms with Gasteiger partial charge in [-0.05, 0) is 11.6 Å². The van der Waals surface area contributed by atoms with Gasteiger partial charge in [0.05, 0.1) is 19.4 Å². The molecule has 0 radical (unpaired) electrons. The van der Waals surface area contributed by atoms with Gasteiger partial charge in [0, 0.05) is 29.9 Å². The molecule has 16 heavy (non-hydrogen) atoms. The number of ether oxygens (including phenoxy) is 1. The maximum atomic E-state index is 10.0. The lowest BCUT2D eigenvalue weighted by atomic mass is 10.1. The maximum absolute atomic E-state index is 10.0. The van der Waals surface area contributed by atoms with E-state index in [-0.39, 0.29) is 0 Å². The van der Waals surface area contributed by atoms with Crippen molar-refractivity contribution in [3.8, 4) is 5.75 Å². The zero-order valence-corrected chi connectivity index (χ0v) is 10.1. The molecule has 0 aliphatic rings. The third-order valence-electron chi connectivity index (χ3n) is 2.35. The number of hydrogen-bond donors (Lipinski definition) is 1. The second-order valence-corrected chi connectivity index (χ2v) is 4.57. The first kappa shape index (κ1) is 11.2. The first-order chi connectivity index (χ1) is 7.69. The van der Waals surface area contributed by atoms with E-state index in [1.807, 2.05) is 24.7 Å². The Balaban J connectivity index is 2.05. The van der Waals surface area contributed by atoms with Gasteiger partial charge in [-0.25, -0.2) is 0 Å². The van der Waals surface area contributed by atoms with Crippen LogP contribution >= 0.6 is 11.3 Å². The van der Waals surface area contributed by atoms with Crippen LogP contribution in [0.3, 0.4) is 0 Å². The van der Waals surface area contributed by atoms with Crippen LogP contribution in [0.2, 0.25) is 0 Å². The number of nitrogens with zero attached hydrogens (tertiary/aromatic N) is 2. The van der Waals surface area contributed by atoms with Crippen molar-refractivity contribution in [3.05, 3.63) is 34.3 Å². The molecule has 86 valence electrons. The largest absolute Gasteiger partial charge is 0.496 e. The van der Waals surface area contributed by atoms with E-state index >= 15 is 0 Å². The second-order valence-electron chi connectivity index (χ2n) is 3.63. The molecule has 1 unspecified atom stereocenters. The number of methoxy groups -OCH3 is 1. The molecule has 0 fully saturated rings. The molecule has 0 aliphatic heterocycles. The summed E-state index contributed by atoms with van der Waals surface area (Å²) in [6.45, 7) is 0. The maximum Gasteiger partial charge on any atom is 0.129 e. The molecule has 1 N–H and O–H groups in total.